The number of carbonyl (C=O) groups excluding carboxylic acids is 1. The summed E-state index contributed by atoms with van der Waals surface area (Å²) in [5, 5.41) is 0.272. The van der Waals surface area contributed by atoms with Crippen molar-refractivity contribution in [1.29, 1.82) is 0 Å². The average molecular weight is 385 g/mol. The number of primary amides is 1. The van der Waals surface area contributed by atoms with Crippen molar-refractivity contribution in [2.75, 3.05) is 18.9 Å². The van der Waals surface area contributed by atoms with Crippen molar-refractivity contribution in [3.8, 4) is 11.5 Å². The van der Waals surface area contributed by atoms with Crippen molar-refractivity contribution < 1.29 is 22.7 Å². The van der Waals surface area contributed by atoms with Crippen molar-refractivity contribution in [2.45, 2.75) is 11.8 Å². The fraction of sp³-hybridized carbons (Fsp3) is 0.188. The molecule has 9 heteroatoms. The van der Waals surface area contributed by atoms with Crippen LogP contribution >= 0.6 is 11.6 Å². The van der Waals surface area contributed by atoms with E-state index in [-0.39, 0.29) is 32.7 Å². The number of nitrogens with two attached hydrogens (primary N) is 1. The SMILES string of the molecule is COc1cc(NS(=O)(=O)c2ccc(C)c(C(N)=O)c2)c(OC)cc1Cl. The van der Waals surface area contributed by atoms with Gasteiger partial charge in [-0.1, -0.05) is 17.7 Å². The van der Waals surface area contributed by atoms with Gasteiger partial charge in [-0.3, -0.25) is 9.52 Å². The Bertz CT molecular complexity index is 928. The zero-order valence-electron chi connectivity index (χ0n) is 13.8. The molecule has 0 bridgehead atoms. The Morgan fingerprint density at radius 1 is 1.12 bits per heavy atom. The van der Waals surface area contributed by atoms with E-state index < -0.39 is 15.9 Å². The Morgan fingerprint density at radius 3 is 2.32 bits per heavy atom. The van der Waals surface area contributed by atoms with Gasteiger partial charge in [-0.15, -0.1) is 0 Å². The molecule has 25 heavy (non-hydrogen) atoms. The van der Waals surface area contributed by atoms with E-state index in [4.69, 9.17) is 26.8 Å². The average Bonchev–Trinajstić information content (AvgIpc) is 2.55. The molecule has 0 heterocycles. The molecule has 2 rings (SSSR count). The molecular formula is C16H17ClN2O5S. The van der Waals surface area contributed by atoms with Gasteiger partial charge >= 0.3 is 0 Å². The molecule has 0 spiro atoms. The van der Waals surface area contributed by atoms with E-state index >= 15 is 0 Å². The third-order valence-corrected chi connectivity index (χ3v) is 5.16. The van der Waals surface area contributed by atoms with Crippen LogP contribution in [0, 0.1) is 6.92 Å². The van der Waals surface area contributed by atoms with E-state index in [0.29, 0.717) is 5.56 Å². The molecule has 0 aliphatic rings. The minimum absolute atomic E-state index is 0.108. The minimum Gasteiger partial charge on any atom is -0.495 e. The van der Waals surface area contributed by atoms with Gasteiger partial charge in [0.25, 0.3) is 10.0 Å². The van der Waals surface area contributed by atoms with Gasteiger partial charge in [0, 0.05) is 17.7 Å². The predicted octanol–water partition coefficient (Wildman–Crippen LogP) is 2.57. The van der Waals surface area contributed by atoms with Gasteiger partial charge < -0.3 is 15.2 Å². The van der Waals surface area contributed by atoms with E-state index in [1.807, 2.05) is 0 Å². The fourth-order valence-corrected chi connectivity index (χ4v) is 3.50. The molecule has 3 N–H and O–H groups in total. The van der Waals surface area contributed by atoms with Gasteiger partial charge in [0.1, 0.15) is 11.5 Å². The van der Waals surface area contributed by atoms with Crippen molar-refractivity contribution in [1.82, 2.24) is 0 Å². The zero-order chi connectivity index (χ0) is 18.8. The standard InChI is InChI=1S/C16H17ClN2O5S/c1-9-4-5-10(6-11(9)16(18)20)25(21,22)19-13-8-14(23-2)12(17)7-15(13)24-3/h4-8,19H,1-3H3,(H2,18,20). The van der Waals surface area contributed by atoms with E-state index in [2.05, 4.69) is 4.72 Å². The first kappa shape index (κ1) is 18.9. The molecule has 2 aromatic rings. The summed E-state index contributed by atoms with van der Waals surface area (Å²) in [4.78, 5) is 11.3. The number of hydrogen-bond donors (Lipinski definition) is 2. The summed E-state index contributed by atoms with van der Waals surface area (Å²) in [6.45, 7) is 1.66. The Hall–Kier alpha value is -2.45. The molecular weight excluding hydrogens is 368 g/mol. The van der Waals surface area contributed by atoms with Crippen molar-refractivity contribution >= 4 is 33.2 Å². The normalized spacial score (nSPS) is 11.0. The second kappa shape index (κ2) is 7.20. The summed E-state index contributed by atoms with van der Waals surface area (Å²) in [6, 6.07) is 6.95. The van der Waals surface area contributed by atoms with Gasteiger partial charge in [0.2, 0.25) is 5.91 Å². The quantitative estimate of drug-likeness (QED) is 0.795. The van der Waals surface area contributed by atoms with Crippen molar-refractivity contribution in [3.63, 3.8) is 0 Å². The minimum atomic E-state index is -3.99. The van der Waals surface area contributed by atoms with E-state index in [1.54, 1.807) is 6.92 Å². The molecule has 0 unspecified atom stereocenters. The van der Waals surface area contributed by atoms with Crippen LogP contribution in [0.4, 0.5) is 5.69 Å². The number of benzene rings is 2. The number of anilines is 1. The van der Waals surface area contributed by atoms with E-state index in [9.17, 15) is 13.2 Å². The third kappa shape index (κ3) is 3.97. The second-order valence-electron chi connectivity index (χ2n) is 5.13. The van der Waals surface area contributed by atoms with Crippen LogP contribution in [0.5, 0.6) is 11.5 Å². The topological polar surface area (TPSA) is 108 Å². The van der Waals surface area contributed by atoms with E-state index in [1.165, 1.54) is 44.6 Å². The molecule has 0 aliphatic carbocycles. The van der Waals surface area contributed by atoms with Gasteiger partial charge in [-0.25, -0.2) is 8.42 Å². The number of amides is 1. The smallest absolute Gasteiger partial charge is 0.262 e. The Balaban J connectivity index is 2.49. The molecule has 0 atom stereocenters. The Kier molecular flexibility index (Phi) is 5.44. The summed E-state index contributed by atoms with van der Waals surface area (Å²) in [7, 11) is -1.20. The monoisotopic (exact) mass is 384 g/mol. The van der Waals surface area contributed by atoms with E-state index in [0.717, 1.165) is 0 Å². The molecule has 0 aromatic heterocycles. The number of halogens is 1. The number of hydrogen-bond acceptors (Lipinski definition) is 5. The lowest BCUT2D eigenvalue weighted by molar-refractivity contribution is 0.0999. The van der Waals surface area contributed by atoms with Crippen LogP contribution in [-0.4, -0.2) is 28.5 Å². The molecule has 0 saturated heterocycles. The Morgan fingerprint density at radius 2 is 1.76 bits per heavy atom. The van der Waals surface area contributed by atoms with Crippen molar-refractivity contribution in [3.05, 3.63) is 46.5 Å². The van der Waals surface area contributed by atoms with Crippen LogP contribution in [0.1, 0.15) is 15.9 Å². The zero-order valence-corrected chi connectivity index (χ0v) is 15.4. The highest BCUT2D eigenvalue weighted by Crippen LogP contribution is 2.37. The first-order valence-corrected chi connectivity index (χ1v) is 8.90. The second-order valence-corrected chi connectivity index (χ2v) is 7.22. The molecule has 0 saturated carbocycles. The molecule has 2 aromatic carbocycles. The number of nitrogens with one attached hydrogen (secondary N) is 1. The summed E-state index contributed by atoms with van der Waals surface area (Å²) in [6.07, 6.45) is 0. The molecule has 0 aliphatic heterocycles. The number of sulfonamides is 1. The number of rotatable bonds is 6. The summed E-state index contributed by atoms with van der Waals surface area (Å²) in [5.41, 5.74) is 6.13. The highest BCUT2D eigenvalue weighted by molar-refractivity contribution is 7.92. The summed E-state index contributed by atoms with van der Waals surface area (Å²) in [5.74, 6) is -0.209. The maximum atomic E-state index is 12.6. The molecule has 134 valence electrons. The maximum absolute atomic E-state index is 12.6. The largest absolute Gasteiger partial charge is 0.495 e. The molecule has 1 amide bonds. The van der Waals surface area contributed by atoms with Crippen LogP contribution in [0.25, 0.3) is 0 Å². The number of carbonyl (C=O) groups is 1. The van der Waals surface area contributed by atoms with Crippen LogP contribution in [0.3, 0.4) is 0 Å². The van der Waals surface area contributed by atoms with Gasteiger partial charge in [-0.2, -0.15) is 0 Å². The number of aryl methyl sites for hydroxylation is 1. The lowest BCUT2D eigenvalue weighted by Crippen LogP contribution is -2.17. The number of ether oxygens (including phenoxy) is 2. The van der Waals surface area contributed by atoms with Crippen LogP contribution in [-0.2, 0) is 10.0 Å². The lowest BCUT2D eigenvalue weighted by atomic mass is 10.1. The Labute approximate surface area is 150 Å². The first-order valence-electron chi connectivity index (χ1n) is 7.04. The van der Waals surface area contributed by atoms with Crippen LogP contribution < -0.4 is 19.9 Å². The number of methoxy groups -OCH3 is 2. The molecule has 0 fully saturated rings. The summed E-state index contributed by atoms with van der Waals surface area (Å²) < 4.78 is 37.9. The van der Waals surface area contributed by atoms with Crippen LogP contribution in [0.2, 0.25) is 5.02 Å². The van der Waals surface area contributed by atoms with Crippen LogP contribution in [0.15, 0.2) is 35.2 Å². The highest BCUT2D eigenvalue weighted by Gasteiger charge is 2.20. The van der Waals surface area contributed by atoms with Gasteiger partial charge in [0.05, 0.1) is 29.8 Å². The first-order chi connectivity index (χ1) is 11.7. The maximum Gasteiger partial charge on any atom is 0.262 e. The lowest BCUT2D eigenvalue weighted by Gasteiger charge is -2.15. The van der Waals surface area contributed by atoms with Crippen molar-refractivity contribution in [2.24, 2.45) is 5.73 Å². The fourth-order valence-electron chi connectivity index (χ4n) is 2.18. The summed E-state index contributed by atoms with van der Waals surface area (Å²) >= 11 is 6.01. The highest BCUT2D eigenvalue weighted by atomic mass is 35.5. The third-order valence-electron chi connectivity index (χ3n) is 3.50. The predicted molar refractivity (Wildman–Crippen MR) is 95.1 cm³/mol. The van der Waals surface area contributed by atoms with Gasteiger partial charge in [-0.05, 0) is 24.6 Å². The molecule has 0 radical (unpaired) electrons. The molecule has 7 nitrogen and oxygen atoms in total. The van der Waals surface area contributed by atoms with Gasteiger partial charge in [0.15, 0.2) is 0 Å².